The van der Waals surface area contributed by atoms with Gasteiger partial charge in [0.15, 0.2) is 0 Å². The average molecular weight is 301 g/mol. The van der Waals surface area contributed by atoms with E-state index >= 15 is 0 Å². The van der Waals surface area contributed by atoms with E-state index in [1.165, 1.54) is 0 Å². The fourth-order valence-corrected chi connectivity index (χ4v) is 2.65. The number of amides is 2. The molecule has 1 aromatic heterocycles. The molecule has 6 nitrogen and oxygen atoms in total. The standard InChI is InChI=1S/C16H19N3O3/c1-10-3-4-11(2)14-12(10)9-13(18-14)15(20)17-5-6-19-7-8-22-16(19)21/h3-4,9,18H,5-8H2,1-2H3,(H,17,20). The second-order valence-electron chi connectivity index (χ2n) is 5.53. The SMILES string of the molecule is Cc1ccc(C)c2[nH]c(C(=O)NCCN3CCOC3=O)cc12. The Hall–Kier alpha value is -2.50. The van der Waals surface area contributed by atoms with Crippen LogP contribution in [0.4, 0.5) is 4.79 Å². The Morgan fingerprint density at radius 2 is 2.14 bits per heavy atom. The van der Waals surface area contributed by atoms with E-state index in [2.05, 4.69) is 10.3 Å². The van der Waals surface area contributed by atoms with Gasteiger partial charge < -0.3 is 19.9 Å². The quantitative estimate of drug-likeness (QED) is 0.906. The number of hydrogen-bond acceptors (Lipinski definition) is 3. The molecule has 1 saturated heterocycles. The molecule has 3 rings (SSSR count). The summed E-state index contributed by atoms with van der Waals surface area (Å²) in [4.78, 5) is 28.3. The first-order valence-corrected chi connectivity index (χ1v) is 7.35. The third kappa shape index (κ3) is 2.64. The van der Waals surface area contributed by atoms with Crippen molar-refractivity contribution in [2.45, 2.75) is 13.8 Å². The lowest BCUT2D eigenvalue weighted by molar-refractivity contribution is 0.0944. The minimum atomic E-state index is -0.314. The topological polar surface area (TPSA) is 74.4 Å². The number of aromatic nitrogens is 1. The summed E-state index contributed by atoms with van der Waals surface area (Å²) in [5.41, 5.74) is 3.78. The zero-order valence-corrected chi connectivity index (χ0v) is 12.7. The predicted octanol–water partition coefficient (Wildman–Crippen LogP) is 1.97. The number of aryl methyl sites for hydroxylation is 2. The lowest BCUT2D eigenvalue weighted by Crippen LogP contribution is -2.35. The fourth-order valence-electron chi connectivity index (χ4n) is 2.65. The van der Waals surface area contributed by atoms with Gasteiger partial charge in [0.2, 0.25) is 0 Å². The van der Waals surface area contributed by atoms with E-state index in [0.29, 0.717) is 31.9 Å². The summed E-state index contributed by atoms with van der Waals surface area (Å²) >= 11 is 0. The number of H-pyrrole nitrogens is 1. The number of aromatic amines is 1. The Kier molecular flexibility index (Phi) is 3.75. The zero-order chi connectivity index (χ0) is 15.7. The molecule has 1 aliphatic heterocycles. The number of fused-ring (bicyclic) bond motifs is 1. The van der Waals surface area contributed by atoms with Gasteiger partial charge in [-0.25, -0.2) is 4.79 Å². The van der Waals surface area contributed by atoms with E-state index in [4.69, 9.17) is 4.74 Å². The normalized spacial score (nSPS) is 14.5. The van der Waals surface area contributed by atoms with Gasteiger partial charge in [0, 0.05) is 24.0 Å². The van der Waals surface area contributed by atoms with E-state index in [1.807, 2.05) is 32.0 Å². The van der Waals surface area contributed by atoms with Crippen LogP contribution in [0.1, 0.15) is 21.6 Å². The molecule has 0 aliphatic carbocycles. The van der Waals surface area contributed by atoms with Crippen molar-refractivity contribution in [1.29, 1.82) is 0 Å². The van der Waals surface area contributed by atoms with Crippen LogP contribution in [0.25, 0.3) is 10.9 Å². The van der Waals surface area contributed by atoms with Crippen LogP contribution in [-0.4, -0.2) is 48.1 Å². The predicted molar refractivity (Wildman–Crippen MR) is 83.0 cm³/mol. The molecule has 116 valence electrons. The number of carbonyl (C=O) groups excluding carboxylic acids is 2. The maximum atomic E-state index is 12.2. The van der Waals surface area contributed by atoms with E-state index < -0.39 is 0 Å². The number of ether oxygens (including phenoxy) is 1. The van der Waals surface area contributed by atoms with Gasteiger partial charge in [-0.2, -0.15) is 0 Å². The van der Waals surface area contributed by atoms with E-state index in [-0.39, 0.29) is 12.0 Å². The number of nitrogens with zero attached hydrogens (tertiary/aromatic N) is 1. The molecular formula is C16H19N3O3. The molecule has 2 amide bonds. The maximum Gasteiger partial charge on any atom is 0.409 e. The van der Waals surface area contributed by atoms with Gasteiger partial charge in [0.05, 0.1) is 6.54 Å². The van der Waals surface area contributed by atoms with Crippen molar-refractivity contribution in [3.63, 3.8) is 0 Å². The molecule has 0 bridgehead atoms. The van der Waals surface area contributed by atoms with Gasteiger partial charge in [-0.15, -0.1) is 0 Å². The second kappa shape index (κ2) is 5.71. The first kappa shape index (κ1) is 14.4. The highest BCUT2D eigenvalue weighted by Gasteiger charge is 2.21. The van der Waals surface area contributed by atoms with Crippen molar-refractivity contribution in [3.8, 4) is 0 Å². The van der Waals surface area contributed by atoms with Crippen molar-refractivity contribution >= 4 is 22.9 Å². The smallest absolute Gasteiger partial charge is 0.409 e. The van der Waals surface area contributed by atoms with E-state index in [9.17, 15) is 9.59 Å². The lowest BCUT2D eigenvalue weighted by Gasteiger charge is -2.12. The summed E-state index contributed by atoms with van der Waals surface area (Å²) in [6.07, 6.45) is -0.314. The van der Waals surface area contributed by atoms with Crippen LogP contribution < -0.4 is 5.32 Å². The summed E-state index contributed by atoms with van der Waals surface area (Å²) < 4.78 is 4.84. The number of carbonyl (C=O) groups is 2. The molecular weight excluding hydrogens is 282 g/mol. The first-order chi connectivity index (χ1) is 10.6. The van der Waals surface area contributed by atoms with Crippen LogP contribution in [0.3, 0.4) is 0 Å². The molecule has 1 aliphatic rings. The summed E-state index contributed by atoms with van der Waals surface area (Å²) in [7, 11) is 0. The highest BCUT2D eigenvalue weighted by molar-refractivity contribution is 5.99. The van der Waals surface area contributed by atoms with Crippen LogP contribution in [0.5, 0.6) is 0 Å². The molecule has 1 aromatic carbocycles. The fraction of sp³-hybridized carbons (Fsp3) is 0.375. The summed E-state index contributed by atoms with van der Waals surface area (Å²) in [5, 5.41) is 3.89. The number of rotatable bonds is 4. The molecule has 0 atom stereocenters. The third-order valence-corrected chi connectivity index (χ3v) is 3.98. The van der Waals surface area contributed by atoms with E-state index in [1.54, 1.807) is 4.90 Å². The number of hydrogen-bond donors (Lipinski definition) is 2. The minimum absolute atomic E-state index is 0.164. The monoisotopic (exact) mass is 301 g/mol. The van der Waals surface area contributed by atoms with Crippen molar-refractivity contribution in [3.05, 3.63) is 35.0 Å². The highest BCUT2D eigenvalue weighted by Crippen LogP contribution is 2.22. The van der Waals surface area contributed by atoms with Crippen molar-refractivity contribution < 1.29 is 14.3 Å². The van der Waals surface area contributed by atoms with Crippen molar-refractivity contribution in [2.24, 2.45) is 0 Å². The summed E-state index contributed by atoms with van der Waals surface area (Å²) in [5.74, 6) is -0.164. The lowest BCUT2D eigenvalue weighted by atomic mass is 10.1. The molecule has 0 saturated carbocycles. The summed E-state index contributed by atoms with van der Waals surface area (Å²) in [6, 6.07) is 5.96. The van der Waals surface area contributed by atoms with Crippen LogP contribution in [0.15, 0.2) is 18.2 Å². The van der Waals surface area contributed by atoms with Gasteiger partial charge in [-0.05, 0) is 31.0 Å². The molecule has 1 fully saturated rings. The van der Waals surface area contributed by atoms with Crippen LogP contribution in [-0.2, 0) is 4.74 Å². The second-order valence-corrected chi connectivity index (χ2v) is 5.53. The zero-order valence-electron chi connectivity index (χ0n) is 12.7. The Morgan fingerprint density at radius 1 is 1.36 bits per heavy atom. The molecule has 0 unspecified atom stereocenters. The molecule has 0 spiro atoms. The van der Waals surface area contributed by atoms with Crippen LogP contribution in [0.2, 0.25) is 0 Å². The summed E-state index contributed by atoms with van der Waals surface area (Å²) in [6.45, 7) is 5.91. The van der Waals surface area contributed by atoms with Crippen molar-refractivity contribution in [2.75, 3.05) is 26.2 Å². The number of cyclic esters (lactones) is 1. The molecule has 6 heteroatoms. The molecule has 2 heterocycles. The Morgan fingerprint density at radius 3 is 2.82 bits per heavy atom. The Balaban J connectivity index is 1.66. The minimum Gasteiger partial charge on any atom is -0.448 e. The molecule has 0 radical (unpaired) electrons. The number of nitrogens with one attached hydrogen (secondary N) is 2. The third-order valence-electron chi connectivity index (χ3n) is 3.98. The van der Waals surface area contributed by atoms with Gasteiger partial charge in [0.1, 0.15) is 12.3 Å². The maximum absolute atomic E-state index is 12.2. The van der Waals surface area contributed by atoms with Crippen molar-refractivity contribution in [1.82, 2.24) is 15.2 Å². The number of benzene rings is 1. The molecule has 22 heavy (non-hydrogen) atoms. The largest absolute Gasteiger partial charge is 0.448 e. The average Bonchev–Trinajstić information content (AvgIpc) is 3.11. The Bertz CT molecular complexity index is 697. The van der Waals surface area contributed by atoms with Gasteiger partial charge >= 0.3 is 6.09 Å². The highest BCUT2D eigenvalue weighted by atomic mass is 16.6. The van der Waals surface area contributed by atoms with Crippen LogP contribution in [0, 0.1) is 13.8 Å². The van der Waals surface area contributed by atoms with E-state index in [0.717, 1.165) is 22.0 Å². The van der Waals surface area contributed by atoms with Gasteiger partial charge in [-0.3, -0.25) is 4.79 Å². The van der Waals surface area contributed by atoms with Crippen LogP contribution >= 0.6 is 0 Å². The van der Waals surface area contributed by atoms with Gasteiger partial charge in [0.25, 0.3) is 5.91 Å². The molecule has 2 N–H and O–H groups in total. The Labute approximate surface area is 128 Å². The molecule has 2 aromatic rings. The first-order valence-electron chi connectivity index (χ1n) is 7.35. The van der Waals surface area contributed by atoms with Gasteiger partial charge in [-0.1, -0.05) is 12.1 Å².